The minimum atomic E-state index is 0.711. The van der Waals surface area contributed by atoms with Crippen molar-refractivity contribution in [1.82, 2.24) is 5.32 Å². The van der Waals surface area contributed by atoms with Crippen LogP contribution in [0.1, 0.15) is 44.6 Å². The van der Waals surface area contributed by atoms with Crippen LogP contribution >= 0.6 is 0 Å². The molecule has 0 aromatic heterocycles. The normalized spacial score (nSPS) is 17.4. The van der Waals surface area contributed by atoms with Gasteiger partial charge in [0, 0.05) is 6.54 Å². The molecule has 1 atom stereocenters. The summed E-state index contributed by atoms with van der Waals surface area (Å²) in [6.45, 7) is 6.81. The molecular weight excluding hydrogens is 206 g/mol. The van der Waals surface area contributed by atoms with Crippen molar-refractivity contribution in [2.75, 3.05) is 13.1 Å². The lowest BCUT2D eigenvalue weighted by Crippen LogP contribution is -2.25. The van der Waals surface area contributed by atoms with E-state index in [0.717, 1.165) is 24.9 Å². The van der Waals surface area contributed by atoms with Gasteiger partial charge in [-0.3, -0.25) is 0 Å². The van der Waals surface area contributed by atoms with Gasteiger partial charge in [0.2, 0.25) is 0 Å². The highest BCUT2D eigenvalue weighted by Gasteiger charge is 2.25. The molecule has 1 N–H and O–H groups in total. The lowest BCUT2D eigenvalue weighted by Gasteiger charge is -2.18. The Morgan fingerprint density at radius 2 is 1.82 bits per heavy atom. The van der Waals surface area contributed by atoms with Crippen LogP contribution in [-0.4, -0.2) is 13.1 Å². The predicted octanol–water partition coefficient (Wildman–Crippen LogP) is 3.82. The molecule has 1 unspecified atom stereocenters. The van der Waals surface area contributed by atoms with Crippen molar-refractivity contribution in [3.63, 3.8) is 0 Å². The maximum Gasteiger partial charge on any atom is 0.00203 e. The minimum absolute atomic E-state index is 0.711. The summed E-state index contributed by atoms with van der Waals surface area (Å²) in [5.41, 5.74) is 1.51. The fourth-order valence-electron chi connectivity index (χ4n) is 2.36. The lowest BCUT2D eigenvalue weighted by molar-refractivity contribution is 0.486. The second-order valence-electron chi connectivity index (χ2n) is 5.84. The highest BCUT2D eigenvalue weighted by molar-refractivity contribution is 5.20. The topological polar surface area (TPSA) is 12.0 Å². The molecule has 94 valence electrons. The number of benzene rings is 1. The SMILES string of the molecule is CC(C)CNCC(CC1CC1)c1ccccc1. The second-order valence-corrected chi connectivity index (χ2v) is 5.84. The van der Waals surface area contributed by atoms with Crippen molar-refractivity contribution in [3.05, 3.63) is 35.9 Å². The zero-order valence-corrected chi connectivity index (χ0v) is 11.2. The molecule has 17 heavy (non-hydrogen) atoms. The van der Waals surface area contributed by atoms with E-state index in [1.54, 1.807) is 0 Å². The van der Waals surface area contributed by atoms with Crippen molar-refractivity contribution in [2.45, 2.75) is 39.0 Å². The molecule has 0 amide bonds. The first kappa shape index (κ1) is 12.6. The number of nitrogens with one attached hydrogen (secondary N) is 1. The molecule has 1 aromatic rings. The van der Waals surface area contributed by atoms with Gasteiger partial charge in [-0.15, -0.1) is 0 Å². The van der Waals surface area contributed by atoms with Gasteiger partial charge in [-0.25, -0.2) is 0 Å². The molecule has 2 rings (SSSR count). The third-order valence-electron chi connectivity index (χ3n) is 3.53. The van der Waals surface area contributed by atoms with Crippen molar-refractivity contribution in [1.29, 1.82) is 0 Å². The zero-order chi connectivity index (χ0) is 12.1. The predicted molar refractivity (Wildman–Crippen MR) is 74.2 cm³/mol. The third-order valence-corrected chi connectivity index (χ3v) is 3.53. The third kappa shape index (κ3) is 4.51. The van der Waals surface area contributed by atoms with Gasteiger partial charge in [0.05, 0.1) is 0 Å². The highest BCUT2D eigenvalue weighted by Crippen LogP contribution is 2.38. The van der Waals surface area contributed by atoms with Gasteiger partial charge in [-0.1, -0.05) is 57.0 Å². The molecule has 0 heterocycles. The Hall–Kier alpha value is -0.820. The Balaban J connectivity index is 1.88. The van der Waals surface area contributed by atoms with Crippen LogP contribution in [0.2, 0.25) is 0 Å². The standard InChI is InChI=1S/C16H25N/c1-13(2)11-17-12-16(10-14-8-9-14)15-6-4-3-5-7-15/h3-7,13-14,16-17H,8-12H2,1-2H3. The summed E-state index contributed by atoms with van der Waals surface area (Å²) in [5.74, 6) is 2.45. The Morgan fingerprint density at radius 3 is 2.41 bits per heavy atom. The van der Waals surface area contributed by atoms with Crippen LogP contribution in [-0.2, 0) is 0 Å². The molecule has 0 spiro atoms. The largest absolute Gasteiger partial charge is 0.316 e. The highest BCUT2D eigenvalue weighted by atomic mass is 14.9. The number of hydrogen-bond donors (Lipinski definition) is 1. The summed E-state index contributed by atoms with van der Waals surface area (Å²) in [7, 11) is 0. The first-order valence-corrected chi connectivity index (χ1v) is 7.01. The smallest absolute Gasteiger partial charge is 0.00203 e. The maximum atomic E-state index is 3.62. The van der Waals surface area contributed by atoms with Crippen LogP contribution in [0.4, 0.5) is 0 Å². The van der Waals surface area contributed by atoms with E-state index < -0.39 is 0 Å². The molecule has 0 saturated heterocycles. The Morgan fingerprint density at radius 1 is 1.12 bits per heavy atom. The van der Waals surface area contributed by atoms with E-state index in [1.807, 2.05) is 0 Å². The molecule has 1 aliphatic rings. The summed E-state index contributed by atoms with van der Waals surface area (Å²) < 4.78 is 0. The second kappa shape index (κ2) is 6.20. The van der Waals surface area contributed by atoms with E-state index in [1.165, 1.54) is 24.8 Å². The van der Waals surface area contributed by atoms with Gasteiger partial charge in [0.15, 0.2) is 0 Å². The first-order valence-electron chi connectivity index (χ1n) is 7.01. The first-order chi connectivity index (χ1) is 8.25. The fourth-order valence-corrected chi connectivity index (χ4v) is 2.36. The van der Waals surface area contributed by atoms with Crippen LogP contribution in [0.3, 0.4) is 0 Å². The Kier molecular flexibility index (Phi) is 4.61. The minimum Gasteiger partial charge on any atom is -0.316 e. The van der Waals surface area contributed by atoms with Gasteiger partial charge >= 0.3 is 0 Å². The van der Waals surface area contributed by atoms with E-state index in [0.29, 0.717) is 5.92 Å². The van der Waals surface area contributed by atoms with Gasteiger partial charge in [-0.05, 0) is 36.3 Å². The van der Waals surface area contributed by atoms with Gasteiger partial charge in [-0.2, -0.15) is 0 Å². The summed E-state index contributed by atoms with van der Waals surface area (Å²) >= 11 is 0. The van der Waals surface area contributed by atoms with Crippen LogP contribution in [0.15, 0.2) is 30.3 Å². The van der Waals surface area contributed by atoms with Crippen molar-refractivity contribution >= 4 is 0 Å². The van der Waals surface area contributed by atoms with Gasteiger partial charge in [0.1, 0.15) is 0 Å². The van der Waals surface area contributed by atoms with E-state index in [-0.39, 0.29) is 0 Å². The van der Waals surface area contributed by atoms with Crippen LogP contribution in [0.5, 0.6) is 0 Å². The van der Waals surface area contributed by atoms with Crippen molar-refractivity contribution in [3.8, 4) is 0 Å². The van der Waals surface area contributed by atoms with Crippen LogP contribution in [0.25, 0.3) is 0 Å². The zero-order valence-electron chi connectivity index (χ0n) is 11.2. The van der Waals surface area contributed by atoms with Crippen molar-refractivity contribution in [2.24, 2.45) is 11.8 Å². The number of hydrogen-bond acceptors (Lipinski definition) is 1. The summed E-state index contributed by atoms with van der Waals surface area (Å²) in [6, 6.07) is 11.0. The quantitative estimate of drug-likeness (QED) is 0.752. The molecule has 0 aliphatic heterocycles. The van der Waals surface area contributed by atoms with Crippen LogP contribution in [0, 0.1) is 11.8 Å². The van der Waals surface area contributed by atoms with Gasteiger partial charge in [0.25, 0.3) is 0 Å². The molecule has 1 nitrogen and oxygen atoms in total. The number of rotatable bonds is 7. The summed E-state index contributed by atoms with van der Waals surface area (Å²) in [6.07, 6.45) is 4.27. The van der Waals surface area contributed by atoms with Crippen LogP contribution < -0.4 is 5.32 Å². The summed E-state index contributed by atoms with van der Waals surface area (Å²) in [4.78, 5) is 0. The Labute approximate surface area is 106 Å². The fraction of sp³-hybridized carbons (Fsp3) is 0.625. The van der Waals surface area contributed by atoms with Gasteiger partial charge < -0.3 is 5.32 Å². The van der Waals surface area contributed by atoms with E-state index in [4.69, 9.17) is 0 Å². The van der Waals surface area contributed by atoms with Crippen molar-refractivity contribution < 1.29 is 0 Å². The van der Waals surface area contributed by atoms with E-state index in [2.05, 4.69) is 49.5 Å². The molecule has 1 fully saturated rings. The maximum absolute atomic E-state index is 3.62. The molecule has 0 radical (unpaired) electrons. The molecule has 1 heteroatoms. The average molecular weight is 231 g/mol. The Bertz CT molecular complexity index is 314. The monoisotopic (exact) mass is 231 g/mol. The molecule has 0 bridgehead atoms. The van der Waals surface area contributed by atoms with E-state index >= 15 is 0 Å². The van der Waals surface area contributed by atoms with E-state index in [9.17, 15) is 0 Å². The average Bonchev–Trinajstić information content (AvgIpc) is 3.12. The summed E-state index contributed by atoms with van der Waals surface area (Å²) in [5, 5.41) is 3.62. The molecule has 1 saturated carbocycles. The lowest BCUT2D eigenvalue weighted by atomic mass is 9.93. The molecule has 1 aliphatic carbocycles. The molecule has 1 aromatic carbocycles. The molecular formula is C16H25N.